The van der Waals surface area contributed by atoms with E-state index in [4.69, 9.17) is 4.74 Å². The van der Waals surface area contributed by atoms with Crippen LogP contribution in [-0.4, -0.2) is 45.4 Å². The van der Waals surface area contributed by atoms with E-state index in [0.717, 1.165) is 30.4 Å². The van der Waals surface area contributed by atoms with E-state index < -0.39 is 20.6 Å². The molecule has 3 aromatic carbocycles. The summed E-state index contributed by atoms with van der Waals surface area (Å²) in [5.41, 5.74) is 5.30. The van der Waals surface area contributed by atoms with Crippen molar-refractivity contribution in [1.29, 1.82) is 0 Å². The van der Waals surface area contributed by atoms with Gasteiger partial charge in [-0.15, -0.1) is 0 Å². The minimum atomic E-state index is -4.00. The van der Waals surface area contributed by atoms with Gasteiger partial charge in [-0.1, -0.05) is 30.3 Å². The van der Waals surface area contributed by atoms with Gasteiger partial charge in [0.15, 0.2) is 0 Å². The summed E-state index contributed by atoms with van der Waals surface area (Å²) in [6.07, 6.45) is 0. The minimum absolute atomic E-state index is 0.0814. The number of hydrogen-bond acceptors (Lipinski definition) is 8. The highest BCUT2D eigenvalue weighted by molar-refractivity contribution is 7.92. The molecule has 10 nitrogen and oxygen atoms in total. The van der Waals surface area contributed by atoms with Crippen molar-refractivity contribution >= 4 is 38.5 Å². The van der Waals surface area contributed by atoms with Crippen molar-refractivity contribution in [2.24, 2.45) is 5.10 Å². The van der Waals surface area contributed by atoms with Crippen molar-refractivity contribution in [3.05, 3.63) is 88.5 Å². The standard InChI is InChI=1S/C24H25N5O5S/c1-18(19-7-9-21(10-8-19)28-13-15-34-16-14-28)25-26-23-12-11-22(17-24(23)29(30)31)35(32,33)27-20-5-3-2-4-6-20/h2-12,17,26-27H,13-16H2,1H3. The zero-order chi connectivity index (χ0) is 24.8. The Morgan fingerprint density at radius 3 is 2.37 bits per heavy atom. The van der Waals surface area contributed by atoms with Gasteiger partial charge in [0.2, 0.25) is 0 Å². The van der Waals surface area contributed by atoms with Crippen LogP contribution < -0.4 is 15.0 Å². The first-order chi connectivity index (χ1) is 16.8. The predicted octanol–water partition coefficient (Wildman–Crippen LogP) is 4.07. The van der Waals surface area contributed by atoms with Crippen molar-refractivity contribution in [3.63, 3.8) is 0 Å². The van der Waals surface area contributed by atoms with Crippen LogP contribution in [0.1, 0.15) is 12.5 Å². The number of nitro groups is 1. The maximum Gasteiger partial charge on any atom is 0.295 e. The minimum Gasteiger partial charge on any atom is -0.378 e. The lowest BCUT2D eigenvalue weighted by Gasteiger charge is -2.28. The number of rotatable bonds is 8. The van der Waals surface area contributed by atoms with Crippen LogP contribution in [0.5, 0.6) is 0 Å². The summed E-state index contributed by atoms with van der Waals surface area (Å²) in [7, 11) is -4.00. The molecular formula is C24H25N5O5S. The molecule has 2 N–H and O–H groups in total. The first-order valence-corrected chi connectivity index (χ1v) is 12.4. The van der Waals surface area contributed by atoms with Crippen LogP contribution in [-0.2, 0) is 14.8 Å². The Morgan fingerprint density at radius 2 is 1.71 bits per heavy atom. The van der Waals surface area contributed by atoms with Gasteiger partial charge >= 0.3 is 0 Å². The van der Waals surface area contributed by atoms with E-state index in [-0.39, 0.29) is 10.6 Å². The van der Waals surface area contributed by atoms with Gasteiger partial charge in [-0.3, -0.25) is 20.3 Å². The molecule has 4 rings (SSSR count). The number of benzene rings is 3. The maximum absolute atomic E-state index is 12.7. The third-order valence-electron chi connectivity index (χ3n) is 5.51. The molecule has 0 atom stereocenters. The molecule has 0 radical (unpaired) electrons. The number of hydrazone groups is 1. The summed E-state index contributed by atoms with van der Waals surface area (Å²) in [5.74, 6) is 0. The lowest BCUT2D eigenvalue weighted by atomic mass is 10.1. The Morgan fingerprint density at radius 1 is 1.03 bits per heavy atom. The summed E-state index contributed by atoms with van der Waals surface area (Å²) >= 11 is 0. The first kappa shape index (κ1) is 24.2. The van der Waals surface area contributed by atoms with Crippen molar-refractivity contribution in [3.8, 4) is 0 Å². The van der Waals surface area contributed by atoms with Gasteiger partial charge in [0, 0.05) is 30.5 Å². The van der Waals surface area contributed by atoms with E-state index in [2.05, 4.69) is 20.1 Å². The number of anilines is 3. The van der Waals surface area contributed by atoms with Crippen LogP contribution in [0.3, 0.4) is 0 Å². The highest BCUT2D eigenvalue weighted by Gasteiger charge is 2.22. The van der Waals surface area contributed by atoms with Crippen LogP contribution in [0.4, 0.5) is 22.7 Å². The lowest BCUT2D eigenvalue weighted by molar-refractivity contribution is -0.384. The van der Waals surface area contributed by atoms with Gasteiger partial charge in [0.05, 0.1) is 28.7 Å². The molecule has 0 saturated carbocycles. The summed E-state index contributed by atoms with van der Waals surface area (Å²) in [5, 5.41) is 15.9. The van der Waals surface area contributed by atoms with E-state index in [1.54, 1.807) is 37.3 Å². The molecule has 0 bridgehead atoms. The second kappa shape index (κ2) is 10.5. The van der Waals surface area contributed by atoms with E-state index >= 15 is 0 Å². The van der Waals surface area contributed by atoms with E-state index in [9.17, 15) is 18.5 Å². The average Bonchev–Trinajstić information content (AvgIpc) is 2.88. The molecule has 0 amide bonds. The van der Waals surface area contributed by atoms with E-state index in [1.807, 2.05) is 24.3 Å². The Labute approximate surface area is 203 Å². The van der Waals surface area contributed by atoms with Gasteiger partial charge in [-0.05, 0) is 48.9 Å². The molecule has 182 valence electrons. The Bertz CT molecular complexity index is 1320. The first-order valence-electron chi connectivity index (χ1n) is 10.9. The second-order valence-electron chi connectivity index (χ2n) is 7.86. The van der Waals surface area contributed by atoms with Gasteiger partial charge in [-0.25, -0.2) is 8.42 Å². The van der Waals surface area contributed by atoms with Gasteiger partial charge in [0.1, 0.15) is 5.69 Å². The SMILES string of the molecule is CC(=NNc1ccc(S(=O)(=O)Nc2ccccc2)cc1[N+](=O)[O-])c1ccc(N2CCOCC2)cc1. The zero-order valence-electron chi connectivity index (χ0n) is 19.0. The topological polar surface area (TPSA) is 126 Å². The number of nitrogens with one attached hydrogen (secondary N) is 2. The molecule has 1 heterocycles. The molecule has 1 fully saturated rings. The number of nitrogens with zero attached hydrogens (tertiary/aromatic N) is 3. The predicted molar refractivity (Wildman–Crippen MR) is 136 cm³/mol. The monoisotopic (exact) mass is 495 g/mol. The summed E-state index contributed by atoms with van der Waals surface area (Å²) in [4.78, 5) is 13.0. The van der Waals surface area contributed by atoms with Gasteiger partial charge < -0.3 is 9.64 Å². The van der Waals surface area contributed by atoms with Crippen LogP contribution >= 0.6 is 0 Å². The molecule has 1 aliphatic heterocycles. The molecule has 0 aliphatic carbocycles. The van der Waals surface area contributed by atoms with Crippen LogP contribution in [0, 0.1) is 10.1 Å². The van der Waals surface area contributed by atoms with Gasteiger partial charge in [-0.2, -0.15) is 5.10 Å². The number of sulfonamides is 1. The van der Waals surface area contributed by atoms with Gasteiger partial charge in [0.25, 0.3) is 15.7 Å². The highest BCUT2D eigenvalue weighted by atomic mass is 32.2. The molecule has 0 spiro atoms. The smallest absolute Gasteiger partial charge is 0.295 e. The van der Waals surface area contributed by atoms with Crippen LogP contribution in [0.2, 0.25) is 0 Å². The van der Waals surface area contributed by atoms with E-state index in [1.165, 1.54) is 12.1 Å². The molecule has 35 heavy (non-hydrogen) atoms. The van der Waals surface area contributed by atoms with E-state index in [0.29, 0.717) is 24.6 Å². The average molecular weight is 496 g/mol. The molecule has 11 heteroatoms. The number of ether oxygens (including phenoxy) is 1. The quantitative estimate of drug-likeness (QED) is 0.274. The summed E-state index contributed by atoms with van der Waals surface area (Å²) in [6.45, 7) is 4.86. The van der Waals surface area contributed by atoms with Crippen molar-refractivity contribution in [2.75, 3.05) is 41.4 Å². The number of nitro benzene ring substituents is 1. The normalized spacial score (nSPS) is 14.4. The molecular weight excluding hydrogens is 470 g/mol. The fraction of sp³-hybridized carbons (Fsp3) is 0.208. The Kier molecular flexibility index (Phi) is 7.28. The third-order valence-corrected chi connectivity index (χ3v) is 6.89. The Balaban J connectivity index is 1.51. The lowest BCUT2D eigenvalue weighted by Crippen LogP contribution is -2.36. The summed E-state index contributed by atoms with van der Waals surface area (Å²) in [6, 6.07) is 19.8. The van der Waals surface area contributed by atoms with Crippen LogP contribution in [0.25, 0.3) is 0 Å². The van der Waals surface area contributed by atoms with Crippen LogP contribution in [0.15, 0.2) is 82.8 Å². The third kappa shape index (κ3) is 5.94. The number of para-hydroxylation sites is 1. The fourth-order valence-electron chi connectivity index (χ4n) is 3.59. The summed E-state index contributed by atoms with van der Waals surface area (Å²) < 4.78 is 33.2. The second-order valence-corrected chi connectivity index (χ2v) is 9.55. The molecule has 0 unspecified atom stereocenters. The largest absolute Gasteiger partial charge is 0.378 e. The number of hydrogen-bond donors (Lipinski definition) is 2. The molecule has 3 aromatic rings. The number of morpholine rings is 1. The zero-order valence-corrected chi connectivity index (χ0v) is 19.9. The maximum atomic E-state index is 12.7. The fourth-order valence-corrected chi connectivity index (χ4v) is 4.67. The Hall–Kier alpha value is -3.96. The van der Waals surface area contributed by atoms with Crippen molar-refractivity contribution in [2.45, 2.75) is 11.8 Å². The van der Waals surface area contributed by atoms with Crippen molar-refractivity contribution < 1.29 is 18.1 Å². The van der Waals surface area contributed by atoms with Crippen molar-refractivity contribution in [1.82, 2.24) is 0 Å². The molecule has 1 aliphatic rings. The molecule has 1 saturated heterocycles. The highest BCUT2D eigenvalue weighted by Crippen LogP contribution is 2.29. The molecule has 0 aromatic heterocycles.